The number of hydrogen-bond donors (Lipinski definition) is 2. The maximum atomic E-state index is 9.84. The Morgan fingerprint density at radius 3 is 2.75 bits per heavy atom. The lowest BCUT2D eigenvalue weighted by Gasteiger charge is -2.32. The van der Waals surface area contributed by atoms with E-state index in [2.05, 4.69) is 33.3 Å². The minimum absolute atomic E-state index is 0.253. The van der Waals surface area contributed by atoms with E-state index in [4.69, 9.17) is 4.74 Å². The van der Waals surface area contributed by atoms with Crippen molar-refractivity contribution in [3.05, 3.63) is 36.2 Å². The van der Waals surface area contributed by atoms with Gasteiger partial charge in [0.2, 0.25) is 0 Å². The number of ether oxygens (including phenoxy) is 1. The predicted octanol–water partition coefficient (Wildman–Crippen LogP) is 3.18. The fourth-order valence-electron chi connectivity index (χ4n) is 3.77. The zero-order chi connectivity index (χ0) is 19.9. The van der Waals surface area contributed by atoms with Gasteiger partial charge in [-0.1, -0.05) is 31.4 Å². The molecule has 2 N–H and O–H groups in total. The summed E-state index contributed by atoms with van der Waals surface area (Å²) in [5, 5.41) is 12.8. The zero-order valence-electron chi connectivity index (χ0n) is 17.2. The summed E-state index contributed by atoms with van der Waals surface area (Å²) in [5.41, 5.74) is 1.88. The molecule has 1 unspecified atom stereocenters. The summed E-state index contributed by atoms with van der Waals surface area (Å²) in [5.74, 6) is 2.47. The molecule has 3 rings (SSSR count). The molecule has 152 valence electrons. The van der Waals surface area contributed by atoms with Crippen molar-refractivity contribution in [2.75, 3.05) is 32.1 Å². The zero-order valence-corrected chi connectivity index (χ0v) is 17.2. The van der Waals surface area contributed by atoms with Crippen molar-refractivity contribution >= 4 is 5.82 Å². The minimum Gasteiger partial charge on any atom is -0.491 e. The third kappa shape index (κ3) is 5.42. The summed E-state index contributed by atoms with van der Waals surface area (Å²) in [6.45, 7) is 2.70. The standard InChI is InChI=1S/C22H32N4O2/c1-16-24-21(13-22(25-16)26(3)18-9-5-4-6-10-18)17-8-7-11-20(12-17)28-15-19(27)14-23-2/h7-8,11-13,18-19,23,27H,4-6,9-10,14-15H2,1-3H3. The smallest absolute Gasteiger partial charge is 0.132 e. The van der Waals surface area contributed by atoms with E-state index >= 15 is 0 Å². The van der Waals surface area contributed by atoms with Gasteiger partial charge in [-0.25, -0.2) is 9.97 Å². The van der Waals surface area contributed by atoms with Crippen LogP contribution in [-0.4, -0.2) is 54.5 Å². The highest BCUT2D eigenvalue weighted by Gasteiger charge is 2.20. The summed E-state index contributed by atoms with van der Waals surface area (Å²) in [6, 6.07) is 10.5. The van der Waals surface area contributed by atoms with Crippen LogP contribution in [0, 0.1) is 6.92 Å². The number of anilines is 1. The number of likely N-dealkylation sites (N-methyl/N-ethyl adjacent to an activating group) is 1. The summed E-state index contributed by atoms with van der Waals surface area (Å²) in [7, 11) is 3.95. The number of aliphatic hydroxyl groups is 1. The molecule has 1 atom stereocenters. The van der Waals surface area contributed by atoms with Crippen LogP contribution in [-0.2, 0) is 0 Å². The first kappa shape index (κ1) is 20.6. The van der Waals surface area contributed by atoms with Gasteiger partial charge in [-0.05, 0) is 38.9 Å². The monoisotopic (exact) mass is 384 g/mol. The fraction of sp³-hybridized carbons (Fsp3) is 0.545. The van der Waals surface area contributed by atoms with Gasteiger partial charge in [-0.15, -0.1) is 0 Å². The second-order valence-electron chi connectivity index (χ2n) is 7.61. The Bertz CT molecular complexity index is 762. The Morgan fingerprint density at radius 2 is 2.00 bits per heavy atom. The highest BCUT2D eigenvalue weighted by molar-refractivity contribution is 5.64. The molecular formula is C22H32N4O2. The minimum atomic E-state index is -0.536. The number of aryl methyl sites for hydroxylation is 1. The average Bonchev–Trinajstić information content (AvgIpc) is 2.72. The maximum absolute atomic E-state index is 9.84. The summed E-state index contributed by atoms with van der Waals surface area (Å²) in [4.78, 5) is 11.6. The van der Waals surface area contributed by atoms with Crippen LogP contribution in [0.5, 0.6) is 5.75 Å². The van der Waals surface area contributed by atoms with E-state index in [0.717, 1.165) is 28.6 Å². The summed E-state index contributed by atoms with van der Waals surface area (Å²) < 4.78 is 5.74. The van der Waals surface area contributed by atoms with E-state index < -0.39 is 6.10 Å². The van der Waals surface area contributed by atoms with Crippen molar-refractivity contribution in [2.24, 2.45) is 0 Å². The van der Waals surface area contributed by atoms with Crippen LogP contribution in [0.15, 0.2) is 30.3 Å². The number of aliphatic hydroxyl groups excluding tert-OH is 1. The first-order valence-electron chi connectivity index (χ1n) is 10.2. The van der Waals surface area contributed by atoms with Crippen molar-refractivity contribution in [1.82, 2.24) is 15.3 Å². The quantitative estimate of drug-likeness (QED) is 0.728. The van der Waals surface area contributed by atoms with Crippen molar-refractivity contribution < 1.29 is 9.84 Å². The summed E-state index contributed by atoms with van der Waals surface area (Å²) >= 11 is 0. The Morgan fingerprint density at radius 1 is 1.21 bits per heavy atom. The summed E-state index contributed by atoms with van der Waals surface area (Å²) in [6.07, 6.45) is 5.86. The average molecular weight is 385 g/mol. The largest absolute Gasteiger partial charge is 0.491 e. The van der Waals surface area contributed by atoms with Crippen molar-refractivity contribution in [2.45, 2.75) is 51.2 Å². The topological polar surface area (TPSA) is 70.5 Å². The second kappa shape index (κ2) is 9.85. The van der Waals surface area contributed by atoms with Gasteiger partial charge in [0.25, 0.3) is 0 Å². The molecule has 1 aromatic carbocycles. The molecule has 0 spiro atoms. The second-order valence-corrected chi connectivity index (χ2v) is 7.61. The van der Waals surface area contributed by atoms with Crippen LogP contribution in [0.2, 0.25) is 0 Å². The molecule has 6 heteroatoms. The molecule has 1 aliphatic rings. The van der Waals surface area contributed by atoms with E-state index in [9.17, 15) is 5.11 Å². The molecule has 1 heterocycles. The van der Waals surface area contributed by atoms with Crippen molar-refractivity contribution in [3.8, 4) is 17.0 Å². The van der Waals surface area contributed by atoms with E-state index in [1.807, 2.05) is 38.2 Å². The van der Waals surface area contributed by atoms with Crippen LogP contribution in [0.4, 0.5) is 5.82 Å². The first-order chi connectivity index (χ1) is 13.6. The highest BCUT2D eigenvalue weighted by atomic mass is 16.5. The van der Waals surface area contributed by atoms with Crippen LogP contribution >= 0.6 is 0 Å². The fourth-order valence-corrected chi connectivity index (χ4v) is 3.77. The first-order valence-corrected chi connectivity index (χ1v) is 10.2. The molecule has 1 aliphatic carbocycles. The molecule has 0 radical (unpaired) electrons. The Labute approximate surface area is 168 Å². The molecule has 0 saturated heterocycles. The number of benzene rings is 1. The van der Waals surface area contributed by atoms with Gasteiger partial charge in [0.05, 0.1) is 5.69 Å². The van der Waals surface area contributed by atoms with Crippen LogP contribution in [0.3, 0.4) is 0 Å². The van der Waals surface area contributed by atoms with Crippen LogP contribution in [0.25, 0.3) is 11.3 Å². The highest BCUT2D eigenvalue weighted by Crippen LogP contribution is 2.29. The van der Waals surface area contributed by atoms with Gasteiger partial charge in [0, 0.05) is 31.3 Å². The van der Waals surface area contributed by atoms with Gasteiger partial charge in [0.1, 0.15) is 30.1 Å². The number of nitrogens with zero attached hydrogens (tertiary/aromatic N) is 3. The van der Waals surface area contributed by atoms with Crippen LogP contribution in [0.1, 0.15) is 37.9 Å². The van der Waals surface area contributed by atoms with E-state index in [1.165, 1.54) is 32.1 Å². The van der Waals surface area contributed by atoms with Crippen molar-refractivity contribution in [3.63, 3.8) is 0 Å². The SMILES string of the molecule is CNCC(O)COc1cccc(-c2cc(N(C)C3CCCCC3)nc(C)n2)c1. The van der Waals surface area contributed by atoms with E-state index in [1.54, 1.807) is 0 Å². The molecule has 0 amide bonds. The van der Waals surface area contributed by atoms with Gasteiger partial charge < -0.3 is 20.1 Å². The molecule has 1 aromatic heterocycles. The lowest BCUT2D eigenvalue weighted by Crippen LogP contribution is -2.34. The predicted molar refractivity (Wildman–Crippen MR) is 113 cm³/mol. The Kier molecular flexibility index (Phi) is 7.23. The molecule has 6 nitrogen and oxygen atoms in total. The lowest BCUT2D eigenvalue weighted by molar-refractivity contribution is 0.108. The van der Waals surface area contributed by atoms with Gasteiger partial charge in [-0.2, -0.15) is 0 Å². The molecule has 0 bridgehead atoms. The molecule has 1 saturated carbocycles. The molecular weight excluding hydrogens is 352 g/mol. The normalized spacial score (nSPS) is 16.0. The van der Waals surface area contributed by atoms with Gasteiger partial charge in [0.15, 0.2) is 0 Å². The van der Waals surface area contributed by atoms with Crippen LogP contribution < -0.4 is 15.0 Å². The molecule has 1 fully saturated rings. The third-order valence-corrected chi connectivity index (χ3v) is 5.32. The number of nitrogens with one attached hydrogen (secondary N) is 1. The molecule has 28 heavy (non-hydrogen) atoms. The third-order valence-electron chi connectivity index (χ3n) is 5.32. The van der Waals surface area contributed by atoms with Gasteiger partial charge in [-0.3, -0.25) is 0 Å². The number of rotatable bonds is 8. The number of hydrogen-bond acceptors (Lipinski definition) is 6. The Hall–Kier alpha value is -2.18. The van der Waals surface area contributed by atoms with E-state index in [-0.39, 0.29) is 6.61 Å². The maximum Gasteiger partial charge on any atom is 0.132 e. The lowest BCUT2D eigenvalue weighted by atomic mass is 9.94. The van der Waals surface area contributed by atoms with Gasteiger partial charge >= 0.3 is 0 Å². The molecule has 0 aliphatic heterocycles. The van der Waals surface area contributed by atoms with E-state index in [0.29, 0.717) is 12.6 Å². The molecule has 2 aromatic rings. The number of aromatic nitrogens is 2. The van der Waals surface area contributed by atoms with Crippen molar-refractivity contribution in [1.29, 1.82) is 0 Å². The Balaban J connectivity index is 1.77.